The number of sulfonamides is 1. The number of nitrogen functional groups attached to an aromatic ring is 1. The van der Waals surface area contributed by atoms with Gasteiger partial charge in [-0.2, -0.15) is 16.1 Å². The topological polar surface area (TPSA) is 63.4 Å². The molecule has 0 radical (unpaired) electrons. The first-order valence-corrected chi connectivity index (χ1v) is 9.70. The van der Waals surface area contributed by atoms with E-state index >= 15 is 0 Å². The van der Waals surface area contributed by atoms with E-state index in [1.54, 1.807) is 11.8 Å². The van der Waals surface area contributed by atoms with Gasteiger partial charge in [-0.05, 0) is 18.6 Å². The van der Waals surface area contributed by atoms with Crippen LogP contribution in [-0.4, -0.2) is 36.3 Å². The molecule has 1 aliphatic heterocycles. The Morgan fingerprint density at radius 1 is 1.29 bits per heavy atom. The average molecular weight is 369 g/mol. The largest absolute Gasteiger partial charge is 0.398 e. The second kappa shape index (κ2) is 6.16. The third kappa shape index (κ3) is 3.79. The maximum Gasteiger partial charge on any atom is 0.246 e. The minimum absolute atomic E-state index is 0.0433. The summed E-state index contributed by atoms with van der Waals surface area (Å²) in [6.07, 6.45) is 0.780. The Hall–Kier alpha value is -0.140. The summed E-state index contributed by atoms with van der Waals surface area (Å²) in [5.41, 5.74) is 5.91. The van der Waals surface area contributed by atoms with Gasteiger partial charge in [-0.1, -0.05) is 37.0 Å². The van der Waals surface area contributed by atoms with E-state index in [0.717, 1.165) is 12.2 Å². The van der Waals surface area contributed by atoms with Crippen molar-refractivity contribution in [3.63, 3.8) is 0 Å². The number of halogens is 2. The van der Waals surface area contributed by atoms with Gasteiger partial charge in [0.15, 0.2) is 0 Å². The number of nitrogens with two attached hydrogens (primary N) is 1. The molecule has 1 aromatic carbocycles. The average Bonchev–Trinajstić information content (AvgIpc) is 2.48. The molecule has 0 saturated carbocycles. The molecule has 0 unspecified atom stereocenters. The maximum atomic E-state index is 12.8. The first kappa shape index (κ1) is 17.2. The smallest absolute Gasteiger partial charge is 0.246 e. The lowest BCUT2D eigenvalue weighted by Crippen LogP contribution is -2.34. The van der Waals surface area contributed by atoms with Crippen molar-refractivity contribution in [2.24, 2.45) is 0 Å². The van der Waals surface area contributed by atoms with Gasteiger partial charge in [-0.3, -0.25) is 0 Å². The number of thioether (sulfide) groups is 1. The van der Waals surface area contributed by atoms with Crippen LogP contribution in [0, 0.1) is 0 Å². The maximum absolute atomic E-state index is 12.8. The van der Waals surface area contributed by atoms with Gasteiger partial charge in [0.05, 0.1) is 10.7 Å². The highest BCUT2D eigenvalue weighted by molar-refractivity contribution is 8.00. The lowest BCUT2D eigenvalue weighted by molar-refractivity contribution is 0.415. The molecule has 0 bridgehead atoms. The lowest BCUT2D eigenvalue weighted by Gasteiger charge is -2.23. The van der Waals surface area contributed by atoms with Crippen LogP contribution in [0.15, 0.2) is 17.0 Å². The fourth-order valence-corrected chi connectivity index (χ4v) is 5.82. The fraction of sp³-hybridized carbons (Fsp3) is 0.538. The van der Waals surface area contributed by atoms with E-state index in [-0.39, 0.29) is 20.4 Å². The van der Waals surface area contributed by atoms with Gasteiger partial charge in [0, 0.05) is 28.6 Å². The monoisotopic (exact) mass is 368 g/mol. The van der Waals surface area contributed by atoms with Crippen LogP contribution in [0.1, 0.15) is 20.3 Å². The van der Waals surface area contributed by atoms with E-state index in [1.807, 2.05) is 0 Å². The third-order valence-electron chi connectivity index (χ3n) is 3.43. The fourth-order valence-electron chi connectivity index (χ4n) is 2.22. The van der Waals surface area contributed by atoms with Crippen LogP contribution in [0.2, 0.25) is 10.0 Å². The van der Waals surface area contributed by atoms with Crippen molar-refractivity contribution in [1.29, 1.82) is 0 Å². The highest BCUT2D eigenvalue weighted by atomic mass is 35.5. The Labute approximate surface area is 140 Å². The normalized spacial score (nSPS) is 20.2. The van der Waals surface area contributed by atoms with E-state index in [2.05, 4.69) is 13.8 Å². The summed E-state index contributed by atoms with van der Waals surface area (Å²) < 4.78 is 27.2. The molecule has 4 nitrogen and oxygen atoms in total. The van der Waals surface area contributed by atoms with Crippen LogP contribution >= 0.6 is 35.0 Å². The zero-order chi connectivity index (χ0) is 15.8. The predicted molar refractivity (Wildman–Crippen MR) is 90.8 cm³/mol. The van der Waals surface area contributed by atoms with Crippen molar-refractivity contribution in [3.8, 4) is 0 Å². The Bertz CT molecular complexity index is 625. The van der Waals surface area contributed by atoms with E-state index in [0.29, 0.717) is 18.1 Å². The summed E-state index contributed by atoms with van der Waals surface area (Å²) in [4.78, 5) is -0.0433. The van der Waals surface area contributed by atoms with Crippen LogP contribution in [0.3, 0.4) is 0 Å². The first-order chi connectivity index (χ1) is 9.63. The molecule has 1 aromatic rings. The van der Waals surface area contributed by atoms with Gasteiger partial charge < -0.3 is 5.73 Å². The van der Waals surface area contributed by atoms with Crippen molar-refractivity contribution >= 4 is 50.7 Å². The molecule has 2 rings (SSSR count). The van der Waals surface area contributed by atoms with Crippen molar-refractivity contribution in [2.75, 3.05) is 24.6 Å². The molecule has 8 heteroatoms. The molecule has 0 amide bonds. The molecule has 1 aliphatic rings. The van der Waals surface area contributed by atoms with Crippen LogP contribution < -0.4 is 5.73 Å². The highest BCUT2D eigenvalue weighted by Crippen LogP contribution is 2.36. The Kier molecular flexibility index (Phi) is 5.05. The summed E-state index contributed by atoms with van der Waals surface area (Å²) in [5, 5.41) is 0.389. The molecule has 0 atom stereocenters. The Morgan fingerprint density at radius 2 is 1.95 bits per heavy atom. The third-order valence-corrected chi connectivity index (χ3v) is 7.45. The second-order valence-electron chi connectivity index (χ2n) is 5.57. The standard InChI is InChI=1S/C13H18Cl2N2O2S2/c1-13(2)3-4-17(5-6-20-13)21(18,19)12-10(15)7-9(14)8-11(12)16/h7-8H,3-6,16H2,1-2H3. The van der Waals surface area contributed by atoms with E-state index in [9.17, 15) is 8.42 Å². The SMILES string of the molecule is CC1(C)CCN(S(=O)(=O)c2c(N)cc(Cl)cc2Cl)CCS1. The molecule has 1 saturated heterocycles. The number of nitrogens with zero attached hydrogens (tertiary/aromatic N) is 1. The van der Waals surface area contributed by atoms with Crippen LogP contribution in [0.5, 0.6) is 0 Å². The van der Waals surface area contributed by atoms with Crippen molar-refractivity contribution in [1.82, 2.24) is 4.31 Å². The van der Waals surface area contributed by atoms with Crippen LogP contribution in [0.25, 0.3) is 0 Å². The lowest BCUT2D eigenvalue weighted by atomic mass is 10.1. The van der Waals surface area contributed by atoms with Crippen molar-refractivity contribution < 1.29 is 8.42 Å². The van der Waals surface area contributed by atoms with Gasteiger partial charge >= 0.3 is 0 Å². The van der Waals surface area contributed by atoms with Gasteiger partial charge in [-0.25, -0.2) is 8.42 Å². The summed E-state index contributed by atoms with van der Waals surface area (Å²) >= 11 is 13.7. The van der Waals surface area contributed by atoms with Crippen LogP contribution in [0.4, 0.5) is 5.69 Å². The molecule has 1 fully saturated rings. The molecular formula is C13H18Cl2N2O2S2. The molecule has 0 aromatic heterocycles. The van der Waals surface area contributed by atoms with E-state index in [4.69, 9.17) is 28.9 Å². The number of hydrogen-bond donors (Lipinski definition) is 1. The van der Waals surface area contributed by atoms with Crippen molar-refractivity contribution in [3.05, 3.63) is 22.2 Å². The minimum Gasteiger partial charge on any atom is -0.398 e. The summed E-state index contributed by atoms with van der Waals surface area (Å²) in [6, 6.07) is 2.82. The van der Waals surface area contributed by atoms with E-state index in [1.165, 1.54) is 16.4 Å². The zero-order valence-corrected chi connectivity index (χ0v) is 15.0. The second-order valence-corrected chi connectivity index (χ2v) is 10.1. The minimum atomic E-state index is -3.71. The Morgan fingerprint density at radius 3 is 2.57 bits per heavy atom. The van der Waals surface area contributed by atoms with E-state index < -0.39 is 10.0 Å². The first-order valence-electron chi connectivity index (χ1n) is 6.52. The quantitative estimate of drug-likeness (QED) is 0.811. The van der Waals surface area contributed by atoms with Crippen molar-refractivity contribution in [2.45, 2.75) is 29.9 Å². The number of rotatable bonds is 2. The molecule has 118 valence electrons. The molecule has 2 N–H and O–H groups in total. The van der Waals surface area contributed by atoms with Gasteiger partial charge in [0.2, 0.25) is 10.0 Å². The summed E-state index contributed by atoms with van der Waals surface area (Å²) in [5.74, 6) is 0.747. The molecule has 0 aliphatic carbocycles. The molecular weight excluding hydrogens is 351 g/mol. The van der Waals surface area contributed by atoms with Gasteiger partial charge in [0.1, 0.15) is 4.90 Å². The Balaban J connectivity index is 2.39. The predicted octanol–water partition coefficient (Wildman–Crippen LogP) is 3.48. The highest BCUT2D eigenvalue weighted by Gasteiger charge is 2.33. The summed E-state index contributed by atoms with van der Waals surface area (Å²) in [6.45, 7) is 5.16. The number of hydrogen-bond acceptors (Lipinski definition) is 4. The number of anilines is 1. The molecule has 0 spiro atoms. The van der Waals surface area contributed by atoms with Crippen LogP contribution in [-0.2, 0) is 10.0 Å². The van der Waals surface area contributed by atoms with Gasteiger partial charge in [-0.15, -0.1) is 0 Å². The summed E-state index contributed by atoms with van der Waals surface area (Å²) in [7, 11) is -3.71. The van der Waals surface area contributed by atoms with Gasteiger partial charge in [0.25, 0.3) is 0 Å². The number of benzene rings is 1. The molecule has 1 heterocycles. The zero-order valence-electron chi connectivity index (χ0n) is 11.9. The molecule has 21 heavy (non-hydrogen) atoms.